The van der Waals surface area contributed by atoms with Crippen molar-refractivity contribution in [3.8, 4) is 6.07 Å². The predicted molar refractivity (Wildman–Crippen MR) is 83.3 cm³/mol. The highest BCUT2D eigenvalue weighted by Crippen LogP contribution is 2.43. The predicted octanol–water partition coefficient (Wildman–Crippen LogP) is 4.29. The van der Waals surface area contributed by atoms with Crippen molar-refractivity contribution in [1.29, 1.82) is 5.26 Å². The zero-order chi connectivity index (χ0) is 14.9. The van der Waals surface area contributed by atoms with Gasteiger partial charge in [0.25, 0.3) is 0 Å². The minimum absolute atomic E-state index is 0.258. The third-order valence-electron chi connectivity index (χ3n) is 4.63. The lowest BCUT2D eigenvalue weighted by Gasteiger charge is -2.36. The second-order valence-electron chi connectivity index (χ2n) is 5.62. The lowest BCUT2D eigenvalue weighted by molar-refractivity contribution is 0.313. The molecule has 1 aromatic carbocycles. The van der Waals surface area contributed by atoms with E-state index in [2.05, 4.69) is 22.5 Å². The Labute approximate surface area is 130 Å². The molecule has 3 nitrogen and oxygen atoms in total. The van der Waals surface area contributed by atoms with Crippen LogP contribution in [0.15, 0.2) is 30.7 Å². The number of aromatic nitrogens is 2. The molecule has 1 atom stereocenters. The average molecular weight is 300 g/mol. The number of imidazole rings is 1. The van der Waals surface area contributed by atoms with Crippen molar-refractivity contribution in [3.63, 3.8) is 0 Å². The lowest BCUT2D eigenvalue weighted by Crippen LogP contribution is -2.35. The molecule has 0 bridgehead atoms. The van der Waals surface area contributed by atoms with Gasteiger partial charge in [-0.2, -0.15) is 5.26 Å². The van der Waals surface area contributed by atoms with Crippen LogP contribution >= 0.6 is 11.6 Å². The Morgan fingerprint density at radius 3 is 3.05 bits per heavy atom. The highest BCUT2D eigenvalue weighted by molar-refractivity contribution is 6.31. The van der Waals surface area contributed by atoms with Gasteiger partial charge in [0, 0.05) is 22.5 Å². The van der Waals surface area contributed by atoms with Gasteiger partial charge in [-0.3, -0.25) is 0 Å². The Bertz CT molecular complexity index is 698. The average Bonchev–Trinajstić information content (AvgIpc) is 2.90. The van der Waals surface area contributed by atoms with E-state index < -0.39 is 0 Å². The molecule has 0 N–H and O–H groups in total. The summed E-state index contributed by atoms with van der Waals surface area (Å²) in [6.07, 6.45) is 9.05. The van der Waals surface area contributed by atoms with E-state index in [9.17, 15) is 5.26 Å². The van der Waals surface area contributed by atoms with Crippen molar-refractivity contribution in [2.45, 2.75) is 44.6 Å². The summed E-state index contributed by atoms with van der Waals surface area (Å²) in [5, 5.41) is 10.2. The normalized spacial score (nSPS) is 21.4. The fourth-order valence-corrected chi connectivity index (χ4v) is 3.95. The van der Waals surface area contributed by atoms with Gasteiger partial charge >= 0.3 is 0 Å². The fourth-order valence-electron chi connectivity index (χ4n) is 3.60. The molecule has 1 aliphatic heterocycles. The summed E-state index contributed by atoms with van der Waals surface area (Å²) in [6.45, 7) is 2.17. The zero-order valence-electron chi connectivity index (χ0n) is 12.1. The van der Waals surface area contributed by atoms with E-state index >= 15 is 0 Å². The third-order valence-corrected chi connectivity index (χ3v) is 4.95. The number of nitriles is 1. The summed E-state index contributed by atoms with van der Waals surface area (Å²) in [5.74, 6) is 0. The second-order valence-corrected chi connectivity index (χ2v) is 6.03. The molecule has 21 heavy (non-hydrogen) atoms. The van der Waals surface area contributed by atoms with Crippen molar-refractivity contribution in [3.05, 3.63) is 52.6 Å². The Kier molecular flexibility index (Phi) is 3.73. The van der Waals surface area contributed by atoms with E-state index in [1.54, 1.807) is 0 Å². The standard InChI is InChI=1S/C17H18ClN3/c1-2-17(16-13(10-19)6-5-8-15(16)18)9-4-3-7-14-11-20-12-21(14)17/h5-6,8,11-12H,2-4,7,9H2,1H3. The maximum atomic E-state index is 9.52. The summed E-state index contributed by atoms with van der Waals surface area (Å²) in [7, 11) is 0. The molecule has 0 amide bonds. The smallest absolute Gasteiger partial charge is 0.0996 e. The number of aryl methyl sites for hydroxylation is 1. The lowest BCUT2D eigenvalue weighted by atomic mass is 9.80. The van der Waals surface area contributed by atoms with E-state index in [4.69, 9.17) is 11.6 Å². The quantitative estimate of drug-likeness (QED) is 0.830. The molecule has 0 radical (unpaired) electrons. The van der Waals surface area contributed by atoms with Gasteiger partial charge in [0.2, 0.25) is 0 Å². The molecule has 3 rings (SSSR count). The number of hydrogen-bond acceptors (Lipinski definition) is 2. The van der Waals surface area contributed by atoms with Gasteiger partial charge < -0.3 is 4.57 Å². The first-order valence-corrected chi connectivity index (χ1v) is 7.81. The molecule has 1 aliphatic rings. The Balaban J connectivity index is 2.31. The highest BCUT2D eigenvalue weighted by Gasteiger charge is 2.38. The summed E-state index contributed by atoms with van der Waals surface area (Å²) >= 11 is 6.51. The zero-order valence-corrected chi connectivity index (χ0v) is 12.9. The van der Waals surface area contributed by atoms with Gasteiger partial charge in [-0.1, -0.05) is 31.0 Å². The molecule has 2 heterocycles. The van der Waals surface area contributed by atoms with Gasteiger partial charge in [0.15, 0.2) is 0 Å². The second kappa shape index (κ2) is 5.54. The van der Waals surface area contributed by atoms with Crippen LogP contribution in [-0.2, 0) is 12.0 Å². The molecule has 1 unspecified atom stereocenters. The van der Waals surface area contributed by atoms with Gasteiger partial charge in [-0.05, 0) is 37.8 Å². The molecule has 2 aromatic rings. The molecule has 0 aliphatic carbocycles. The fraction of sp³-hybridized carbons (Fsp3) is 0.412. The summed E-state index contributed by atoms with van der Waals surface area (Å²) in [5.41, 5.74) is 2.60. The molecule has 4 heteroatoms. The number of benzene rings is 1. The van der Waals surface area contributed by atoms with Crippen LogP contribution in [0.1, 0.15) is 49.4 Å². The topological polar surface area (TPSA) is 41.6 Å². The van der Waals surface area contributed by atoms with Crippen LogP contribution in [0.2, 0.25) is 5.02 Å². The van der Waals surface area contributed by atoms with Crippen LogP contribution in [0.5, 0.6) is 0 Å². The van der Waals surface area contributed by atoms with Gasteiger partial charge in [0.1, 0.15) is 0 Å². The summed E-state index contributed by atoms with van der Waals surface area (Å²) < 4.78 is 2.25. The molecule has 0 spiro atoms. The first-order chi connectivity index (χ1) is 10.2. The van der Waals surface area contributed by atoms with E-state index in [0.717, 1.165) is 37.7 Å². The maximum absolute atomic E-state index is 9.52. The molecule has 0 saturated heterocycles. The number of nitrogens with zero attached hydrogens (tertiary/aromatic N) is 3. The molecule has 0 saturated carbocycles. The minimum atomic E-state index is -0.258. The van der Waals surface area contributed by atoms with E-state index in [1.807, 2.05) is 30.7 Å². The monoisotopic (exact) mass is 299 g/mol. The Hall–Kier alpha value is -1.79. The largest absolute Gasteiger partial charge is 0.324 e. The minimum Gasteiger partial charge on any atom is -0.324 e. The van der Waals surface area contributed by atoms with E-state index in [1.165, 1.54) is 5.69 Å². The molecule has 0 fully saturated rings. The van der Waals surface area contributed by atoms with Crippen molar-refractivity contribution >= 4 is 11.6 Å². The van der Waals surface area contributed by atoms with Crippen molar-refractivity contribution in [1.82, 2.24) is 9.55 Å². The number of halogens is 1. The maximum Gasteiger partial charge on any atom is 0.0996 e. The number of fused-ring (bicyclic) bond motifs is 1. The van der Waals surface area contributed by atoms with E-state index in [-0.39, 0.29) is 5.54 Å². The van der Waals surface area contributed by atoms with Crippen LogP contribution in [0.25, 0.3) is 0 Å². The van der Waals surface area contributed by atoms with Crippen LogP contribution < -0.4 is 0 Å². The molecule has 1 aromatic heterocycles. The van der Waals surface area contributed by atoms with Gasteiger partial charge in [-0.15, -0.1) is 0 Å². The van der Waals surface area contributed by atoms with Crippen LogP contribution in [0, 0.1) is 11.3 Å². The Morgan fingerprint density at radius 2 is 2.29 bits per heavy atom. The summed E-state index contributed by atoms with van der Waals surface area (Å²) in [6, 6.07) is 7.91. The first-order valence-electron chi connectivity index (χ1n) is 7.43. The van der Waals surface area contributed by atoms with E-state index in [0.29, 0.717) is 10.6 Å². The molecular weight excluding hydrogens is 282 g/mol. The van der Waals surface area contributed by atoms with Crippen LogP contribution in [0.3, 0.4) is 0 Å². The highest BCUT2D eigenvalue weighted by atomic mass is 35.5. The van der Waals surface area contributed by atoms with Crippen LogP contribution in [0.4, 0.5) is 0 Å². The first kappa shape index (κ1) is 14.2. The van der Waals surface area contributed by atoms with Crippen molar-refractivity contribution in [2.75, 3.05) is 0 Å². The number of hydrogen-bond donors (Lipinski definition) is 0. The van der Waals surface area contributed by atoms with Gasteiger partial charge in [0.05, 0.1) is 23.5 Å². The van der Waals surface area contributed by atoms with Gasteiger partial charge in [-0.25, -0.2) is 4.98 Å². The Morgan fingerprint density at radius 1 is 1.43 bits per heavy atom. The SMILES string of the molecule is CCC1(c2c(Cl)cccc2C#N)CCCCc2cncn21. The van der Waals surface area contributed by atoms with Crippen molar-refractivity contribution < 1.29 is 0 Å². The molecule has 108 valence electrons. The molecular formula is C17H18ClN3. The van der Waals surface area contributed by atoms with Crippen LogP contribution in [-0.4, -0.2) is 9.55 Å². The number of rotatable bonds is 2. The summed E-state index contributed by atoms with van der Waals surface area (Å²) in [4.78, 5) is 4.34. The third kappa shape index (κ3) is 2.15. The van der Waals surface area contributed by atoms with Crippen molar-refractivity contribution in [2.24, 2.45) is 0 Å².